The van der Waals surface area contributed by atoms with Gasteiger partial charge in [-0.3, -0.25) is 24.5 Å². The molecule has 1 saturated heterocycles. The van der Waals surface area contributed by atoms with Crippen molar-refractivity contribution >= 4 is 23.6 Å². The number of halogens is 3. The number of hydrogen-bond acceptors (Lipinski definition) is 6. The molecule has 3 aliphatic rings. The van der Waals surface area contributed by atoms with Crippen LogP contribution in [0.15, 0.2) is 36.4 Å². The number of ether oxygens (including phenoxy) is 2. The number of carbonyl (C=O) groups excluding carboxylic acids is 4. The molecule has 3 aliphatic heterocycles. The molecule has 3 heterocycles. The molecule has 0 aliphatic carbocycles. The van der Waals surface area contributed by atoms with E-state index >= 15 is 0 Å². The quantitative estimate of drug-likeness (QED) is 0.588. The summed E-state index contributed by atoms with van der Waals surface area (Å²) in [7, 11) is 0. The van der Waals surface area contributed by atoms with Gasteiger partial charge in [0.05, 0.1) is 5.92 Å². The van der Waals surface area contributed by atoms with Crippen LogP contribution < -0.4 is 20.1 Å². The fraction of sp³-hybridized carbons (Fsp3) is 0.360. The molecule has 12 heteroatoms. The van der Waals surface area contributed by atoms with E-state index in [2.05, 4.69) is 15.4 Å². The second-order valence-electron chi connectivity index (χ2n) is 9.14. The summed E-state index contributed by atoms with van der Waals surface area (Å²) in [6.45, 7) is 0.467. The number of carbonyl (C=O) groups is 4. The van der Waals surface area contributed by atoms with Gasteiger partial charge in [-0.2, -0.15) is 0 Å². The fourth-order valence-electron chi connectivity index (χ4n) is 4.81. The van der Waals surface area contributed by atoms with Crippen molar-refractivity contribution in [2.24, 2.45) is 5.92 Å². The molecule has 1 fully saturated rings. The zero-order valence-corrected chi connectivity index (χ0v) is 19.4. The standard InChI is InChI=1S/C25H22F3N3O6/c26-25(27,28)37-17-2-5-20-14(9-17)8-16(12-36-20)22(33)29-10-13-1-3-18-15(7-13)11-31(24(18)35)19-4-6-21(32)30-23(19)34/h1-3,5,7,9,16,19H,4,6,8,10-12H2,(H,29,33)(H,30,32,34). The van der Waals surface area contributed by atoms with E-state index in [0.717, 1.165) is 11.6 Å². The molecular formula is C25H22F3N3O6. The topological polar surface area (TPSA) is 114 Å². The maximum atomic E-state index is 12.8. The van der Waals surface area contributed by atoms with Crippen molar-refractivity contribution in [3.8, 4) is 11.5 Å². The number of nitrogens with zero attached hydrogens (tertiary/aromatic N) is 1. The van der Waals surface area contributed by atoms with Crippen molar-refractivity contribution in [2.45, 2.75) is 44.8 Å². The molecule has 0 spiro atoms. The first-order valence-electron chi connectivity index (χ1n) is 11.6. The summed E-state index contributed by atoms with van der Waals surface area (Å²) in [5.74, 6) is -2.03. The van der Waals surface area contributed by atoms with Crippen LogP contribution >= 0.6 is 0 Å². The first kappa shape index (κ1) is 24.6. The number of hydrogen-bond donors (Lipinski definition) is 2. The molecule has 37 heavy (non-hydrogen) atoms. The van der Waals surface area contributed by atoms with Gasteiger partial charge >= 0.3 is 6.36 Å². The third kappa shape index (κ3) is 5.23. The van der Waals surface area contributed by atoms with Gasteiger partial charge in [0.2, 0.25) is 17.7 Å². The molecule has 2 N–H and O–H groups in total. The zero-order valence-electron chi connectivity index (χ0n) is 19.4. The highest BCUT2D eigenvalue weighted by Gasteiger charge is 2.39. The number of rotatable bonds is 5. The Balaban J connectivity index is 1.20. The zero-order chi connectivity index (χ0) is 26.3. The van der Waals surface area contributed by atoms with Gasteiger partial charge in [-0.15, -0.1) is 13.2 Å². The Morgan fingerprint density at radius 2 is 1.95 bits per heavy atom. The second kappa shape index (κ2) is 9.41. The van der Waals surface area contributed by atoms with Gasteiger partial charge in [-0.1, -0.05) is 12.1 Å². The van der Waals surface area contributed by atoms with Crippen LogP contribution in [-0.4, -0.2) is 47.5 Å². The molecule has 0 bridgehead atoms. The van der Waals surface area contributed by atoms with Crippen molar-refractivity contribution < 1.29 is 41.8 Å². The average molecular weight is 517 g/mol. The maximum Gasteiger partial charge on any atom is 0.573 e. The SMILES string of the molecule is O=C1CCC(N2Cc3cc(CNC(=O)C4COc5ccc(OC(F)(F)F)cc5C4)ccc3C2=O)C(=O)N1. The Kier molecular flexibility index (Phi) is 6.26. The molecular weight excluding hydrogens is 495 g/mol. The van der Waals surface area contributed by atoms with E-state index in [1.807, 2.05) is 0 Å². The van der Waals surface area contributed by atoms with E-state index in [9.17, 15) is 32.3 Å². The van der Waals surface area contributed by atoms with Crippen molar-refractivity contribution in [3.05, 3.63) is 58.7 Å². The summed E-state index contributed by atoms with van der Waals surface area (Å²) in [5.41, 5.74) is 2.36. The predicted molar refractivity (Wildman–Crippen MR) is 120 cm³/mol. The summed E-state index contributed by atoms with van der Waals surface area (Å²) in [5, 5.41) is 5.07. The summed E-state index contributed by atoms with van der Waals surface area (Å²) in [6.07, 6.45) is -4.20. The summed E-state index contributed by atoms with van der Waals surface area (Å²) < 4.78 is 47.1. The molecule has 2 aromatic carbocycles. The average Bonchev–Trinajstić information content (AvgIpc) is 3.16. The lowest BCUT2D eigenvalue weighted by Gasteiger charge is -2.29. The molecule has 2 unspecified atom stereocenters. The lowest BCUT2D eigenvalue weighted by molar-refractivity contribution is -0.274. The molecule has 0 radical (unpaired) electrons. The fourth-order valence-corrected chi connectivity index (χ4v) is 4.81. The van der Waals surface area contributed by atoms with E-state index < -0.39 is 24.2 Å². The Hall–Kier alpha value is -4.09. The van der Waals surface area contributed by atoms with Crippen LogP contribution in [0.25, 0.3) is 0 Å². The van der Waals surface area contributed by atoms with E-state index in [0.29, 0.717) is 22.4 Å². The van der Waals surface area contributed by atoms with Crippen LogP contribution in [0, 0.1) is 5.92 Å². The van der Waals surface area contributed by atoms with Crippen LogP contribution in [0.1, 0.15) is 39.9 Å². The molecule has 5 rings (SSSR count). The molecule has 9 nitrogen and oxygen atoms in total. The number of nitrogens with one attached hydrogen (secondary N) is 2. The summed E-state index contributed by atoms with van der Waals surface area (Å²) in [6, 6.07) is 8.19. The van der Waals surface area contributed by atoms with Crippen LogP contribution in [0.2, 0.25) is 0 Å². The van der Waals surface area contributed by atoms with Gasteiger partial charge in [0.1, 0.15) is 24.1 Å². The van der Waals surface area contributed by atoms with Gasteiger partial charge in [0.15, 0.2) is 0 Å². The van der Waals surface area contributed by atoms with E-state index in [-0.39, 0.29) is 62.4 Å². The molecule has 0 aromatic heterocycles. The normalized spacial score (nSPS) is 21.1. The Labute approximate surface area is 208 Å². The van der Waals surface area contributed by atoms with Crippen LogP contribution in [0.4, 0.5) is 13.2 Å². The molecule has 194 valence electrons. The van der Waals surface area contributed by atoms with Crippen LogP contribution in [0.5, 0.6) is 11.5 Å². The second-order valence-corrected chi connectivity index (χ2v) is 9.14. The first-order chi connectivity index (χ1) is 17.6. The van der Waals surface area contributed by atoms with Gasteiger partial charge in [-0.25, -0.2) is 0 Å². The predicted octanol–water partition coefficient (Wildman–Crippen LogP) is 2.21. The molecule has 2 aromatic rings. The van der Waals surface area contributed by atoms with E-state index in [1.54, 1.807) is 18.2 Å². The van der Waals surface area contributed by atoms with Crippen molar-refractivity contribution in [1.29, 1.82) is 0 Å². The third-order valence-electron chi connectivity index (χ3n) is 6.60. The monoisotopic (exact) mass is 517 g/mol. The number of benzene rings is 2. The van der Waals surface area contributed by atoms with Crippen molar-refractivity contribution in [1.82, 2.24) is 15.5 Å². The first-order valence-corrected chi connectivity index (χ1v) is 11.6. The van der Waals surface area contributed by atoms with Gasteiger partial charge < -0.3 is 19.7 Å². The van der Waals surface area contributed by atoms with Crippen LogP contribution in [0.3, 0.4) is 0 Å². The van der Waals surface area contributed by atoms with E-state index in [1.165, 1.54) is 17.0 Å². The molecule has 2 atom stereocenters. The Morgan fingerprint density at radius 3 is 2.70 bits per heavy atom. The smallest absolute Gasteiger partial charge is 0.492 e. The minimum atomic E-state index is -4.82. The van der Waals surface area contributed by atoms with E-state index in [4.69, 9.17) is 4.74 Å². The lowest BCUT2D eigenvalue weighted by atomic mass is 9.95. The van der Waals surface area contributed by atoms with Gasteiger partial charge in [-0.05, 0) is 53.8 Å². The maximum absolute atomic E-state index is 12.8. The summed E-state index contributed by atoms with van der Waals surface area (Å²) >= 11 is 0. The Morgan fingerprint density at radius 1 is 1.14 bits per heavy atom. The lowest BCUT2D eigenvalue weighted by Crippen LogP contribution is -2.52. The van der Waals surface area contributed by atoms with Gasteiger partial charge in [0.25, 0.3) is 5.91 Å². The van der Waals surface area contributed by atoms with Crippen molar-refractivity contribution in [3.63, 3.8) is 0 Å². The van der Waals surface area contributed by atoms with Crippen LogP contribution in [-0.2, 0) is 33.9 Å². The number of imide groups is 1. The van der Waals surface area contributed by atoms with Gasteiger partial charge in [0, 0.05) is 25.1 Å². The Bertz CT molecular complexity index is 1290. The summed E-state index contributed by atoms with van der Waals surface area (Å²) in [4.78, 5) is 50.6. The highest BCUT2D eigenvalue weighted by atomic mass is 19.4. The highest BCUT2D eigenvalue weighted by molar-refractivity contribution is 6.05. The number of piperidine rings is 1. The number of fused-ring (bicyclic) bond motifs is 2. The third-order valence-corrected chi connectivity index (χ3v) is 6.60. The number of alkyl halides is 3. The number of amides is 4. The van der Waals surface area contributed by atoms with Crippen molar-refractivity contribution in [2.75, 3.05) is 6.61 Å². The minimum absolute atomic E-state index is 0.0813. The molecule has 0 saturated carbocycles. The minimum Gasteiger partial charge on any atom is -0.492 e. The molecule has 4 amide bonds. The highest BCUT2D eigenvalue weighted by Crippen LogP contribution is 2.33. The largest absolute Gasteiger partial charge is 0.573 e.